The van der Waals surface area contributed by atoms with E-state index in [9.17, 15) is 9.59 Å². The Morgan fingerprint density at radius 3 is 2.64 bits per heavy atom. The summed E-state index contributed by atoms with van der Waals surface area (Å²) in [6.07, 6.45) is 0.611. The van der Waals surface area contributed by atoms with Crippen LogP contribution in [0.15, 0.2) is 12.7 Å². The topological polar surface area (TPSA) is 84.9 Å². The number of hydrogen-bond acceptors (Lipinski definition) is 4. The van der Waals surface area contributed by atoms with Crippen LogP contribution in [0.3, 0.4) is 0 Å². The van der Waals surface area contributed by atoms with Gasteiger partial charge in [0.2, 0.25) is 0 Å². The van der Waals surface area contributed by atoms with Crippen LogP contribution in [-0.2, 0) is 14.3 Å². The molecule has 0 aromatic heterocycles. The average Bonchev–Trinajstić information content (AvgIpc) is 2.07. The minimum atomic E-state index is -1.32. The molecule has 0 atom stereocenters. The first-order chi connectivity index (χ1) is 6.60. The fourth-order valence-corrected chi connectivity index (χ4v) is 0.921. The van der Waals surface area contributed by atoms with E-state index < -0.39 is 17.6 Å². The number of carboxylic acid groups (broad SMARTS) is 1. The van der Waals surface area contributed by atoms with Crippen LogP contribution in [-0.4, -0.2) is 42.5 Å². The molecule has 1 heterocycles. The molecule has 0 unspecified atom stereocenters. The summed E-state index contributed by atoms with van der Waals surface area (Å²) in [6, 6.07) is 0. The quantitative estimate of drug-likeness (QED) is 0.613. The number of amides is 1. The number of nitrogens with one attached hydrogen (secondary N) is 1. The Morgan fingerprint density at radius 2 is 2.29 bits per heavy atom. The predicted molar refractivity (Wildman–Crippen MR) is 45.9 cm³/mol. The van der Waals surface area contributed by atoms with Gasteiger partial charge in [0, 0.05) is 0 Å². The van der Waals surface area contributed by atoms with Crippen molar-refractivity contribution in [3.8, 4) is 0 Å². The van der Waals surface area contributed by atoms with E-state index in [0.29, 0.717) is 0 Å². The van der Waals surface area contributed by atoms with Crippen LogP contribution in [0.25, 0.3) is 0 Å². The molecule has 0 saturated carbocycles. The minimum Gasteiger partial charge on any atom is -0.479 e. The summed E-state index contributed by atoms with van der Waals surface area (Å²) in [6.45, 7) is 3.32. The predicted octanol–water partition coefficient (Wildman–Crippen LogP) is -0.248. The molecule has 78 valence electrons. The molecule has 0 spiro atoms. The molecule has 0 bridgehead atoms. The standard InChI is InChI=1S/C8H11NO5/c1-2-3-14-7(12)9-8(6(10)11)4-13-5-8/h2H,1,3-5H2,(H,9,12)(H,10,11). The molecule has 14 heavy (non-hydrogen) atoms. The van der Waals surface area contributed by atoms with Gasteiger partial charge in [-0.15, -0.1) is 0 Å². The number of carboxylic acids is 1. The Kier molecular flexibility index (Phi) is 3.08. The van der Waals surface area contributed by atoms with Crippen molar-refractivity contribution in [2.24, 2.45) is 0 Å². The van der Waals surface area contributed by atoms with Gasteiger partial charge in [0.25, 0.3) is 0 Å². The van der Waals surface area contributed by atoms with Gasteiger partial charge in [0.15, 0.2) is 5.54 Å². The van der Waals surface area contributed by atoms with Gasteiger partial charge in [-0.3, -0.25) is 0 Å². The van der Waals surface area contributed by atoms with Gasteiger partial charge >= 0.3 is 12.1 Å². The first kappa shape index (κ1) is 10.5. The summed E-state index contributed by atoms with van der Waals surface area (Å²) in [5.74, 6) is -1.13. The Balaban J connectivity index is 2.44. The Hall–Kier alpha value is -1.56. The molecule has 2 N–H and O–H groups in total. The van der Waals surface area contributed by atoms with Gasteiger partial charge in [-0.25, -0.2) is 9.59 Å². The first-order valence-corrected chi connectivity index (χ1v) is 3.98. The van der Waals surface area contributed by atoms with Crippen LogP contribution in [0.2, 0.25) is 0 Å². The van der Waals surface area contributed by atoms with Crippen molar-refractivity contribution < 1.29 is 24.2 Å². The molecule has 1 saturated heterocycles. The van der Waals surface area contributed by atoms with Crippen LogP contribution >= 0.6 is 0 Å². The monoisotopic (exact) mass is 201 g/mol. The maximum Gasteiger partial charge on any atom is 0.408 e. The highest BCUT2D eigenvalue weighted by Gasteiger charge is 2.48. The minimum absolute atomic E-state index is 0.0362. The Labute approximate surface area is 80.5 Å². The molecular weight excluding hydrogens is 190 g/mol. The molecule has 1 fully saturated rings. The van der Waals surface area contributed by atoms with E-state index in [4.69, 9.17) is 9.84 Å². The lowest BCUT2D eigenvalue weighted by Gasteiger charge is -2.37. The molecule has 0 aromatic carbocycles. The first-order valence-electron chi connectivity index (χ1n) is 3.98. The highest BCUT2D eigenvalue weighted by atomic mass is 16.6. The lowest BCUT2D eigenvalue weighted by Crippen LogP contribution is -2.67. The normalized spacial score (nSPS) is 17.7. The van der Waals surface area contributed by atoms with E-state index in [-0.39, 0.29) is 19.8 Å². The van der Waals surface area contributed by atoms with Gasteiger partial charge in [0.1, 0.15) is 6.61 Å². The Bertz CT molecular complexity index is 258. The van der Waals surface area contributed by atoms with E-state index in [1.54, 1.807) is 0 Å². The van der Waals surface area contributed by atoms with Crippen LogP contribution in [0.4, 0.5) is 4.79 Å². The number of carbonyl (C=O) groups excluding carboxylic acids is 1. The zero-order chi connectivity index (χ0) is 10.6. The van der Waals surface area contributed by atoms with Crippen molar-refractivity contribution >= 4 is 12.1 Å². The van der Waals surface area contributed by atoms with Crippen LogP contribution in [0.1, 0.15) is 0 Å². The SMILES string of the molecule is C=CCOC(=O)NC1(C(=O)O)COC1. The van der Waals surface area contributed by atoms with E-state index in [1.165, 1.54) is 6.08 Å². The van der Waals surface area contributed by atoms with Gasteiger partial charge in [-0.05, 0) is 0 Å². The Morgan fingerprint density at radius 1 is 1.64 bits per heavy atom. The van der Waals surface area contributed by atoms with Crippen LogP contribution < -0.4 is 5.32 Å². The number of hydrogen-bond donors (Lipinski definition) is 2. The number of ether oxygens (including phenoxy) is 2. The summed E-state index contributed by atoms with van der Waals surface area (Å²) < 4.78 is 9.32. The zero-order valence-electron chi connectivity index (χ0n) is 7.49. The van der Waals surface area contributed by atoms with Crippen molar-refractivity contribution in [3.63, 3.8) is 0 Å². The summed E-state index contributed by atoms with van der Waals surface area (Å²) in [5.41, 5.74) is -1.32. The van der Waals surface area contributed by atoms with Crippen LogP contribution in [0, 0.1) is 0 Å². The maximum absolute atomic E-state index is 11.0. The van der Waals surface area contributed by atoms with Gasteiger partial charge in [-0.1, -0.05) is 12.7 Å². The molecule has 6 heteroatoms. The van der Waals surface area contributed by atoms with Gasteiger partial charge < -0.3 is 19.9 Å². The third-order valence-corrected chi connectivity index (χ3v) is 1.78. The van der Waals surface area contributed by atoms with Crippen molar-refractivity contribution in [1.82, 2.24) is 5.32 Å². The summed E-state index contributed by atoms with van der Waals surface area (Å²) in [5, 5.41) is 11.0. The molecule has 0 aromatic rings. The molecule has 1 amide bonds. The van der Waals surface area contributed by atoms with Crippen molar-refractivity contribution in [1.29, 1.82) is 0 Å². The van der Waals surface area contributed by atoms with E-state index in [2.05, 4.69) is 16.6 Å². The number of rotatable bonds is 4. The van der Waals surface area contributed by atoms with Crippen LogP contribution in [0.5, 0.6) is 0 Å². The summed E-state index contributed by atoms with van der Waals surface area (Å²) in [4.78, 5) is 21.8. The largest absolute Gasteiger partial charge is 0.479 e. The maximum atomic E-state index is 11.0. The van der Waals surface area contributed by atoms with E-state index >= 15 is 0 Å². The highest BCUT2D eigenvalue weighted by molar-refractivity contribution is 5.85. The molecule has 1 rings (SSSR count). The second kappa shape index (κ2) is 4.10. The van der Waals surface area contributed by atoms with E-state index in [1.807, 2.05) is 0 Å². The number of carbonyl (C=O) groups is 2. The van der Waals surface area contributed by atoms with Gasteiger partial charge in [0.05, 0.1) is 13.2 Å². The average molecular weight is 201 g/mol. The zero-order valence-corrected chi connectivity index (χ0v) is 7.49. The number of alkyl carbamates (subject to hydrolysis) is 1. The fraction of sp³-hybridized carbons (Fsp3) is 0.500. The lowest BCUT2D eigenvalue weighted by atomic mass is 9.98. The third kappa shape index (κ3) is 2.02. The fourth-order valence-electron chi connectivity index (χ4n) is 0.921. The number of aliphatic carboxylic acids is 1. The summed E-state index contributed by atoms with van der Waals surface area (Å²) in [7, 11) is 0. The van der Waals surface area contributed by atoms with Crippen molar-refractivity contribution in [3.05, 3.63) is 12.7 Å². The van der Waals surface area contributed by atoms with Crippen molar-refractivity contribution in [2.75, 3.05) is 19.8 Å². The molecule has 1 aliphatic heterocycles. The van der Waals surface area contributed by atoms with Crippen molar-refractivity contribution in [2.45, 2.75) is 5.54 Å². The third-order valence-electron chi connectivity index (χ3n) is 1.78. The highest BCUT2D eigenvalue weighted by Crippen LogP contribution is 2.17. The smallest absolute Gasteiger partial charge is 0.408 e. The molecule has 6 nitrogen and oxygen atoms in total. The second-order valence-electron chi connectivity index (χ2n) is 2.89. The van der Waals surface area contributed by atoms with Gasteiger partial charge in [-0.2, -0.15) is 0 Å². The molecule has 0 aliphatic carbocycles. The van der Waals surface area contributed by atoms with E-state index in [0.717, 1.165) is 0 Å². The molecular formula is C8H11NO5. The molecule has 0 radical (unpaired) electrons. The summed E-state index contributed by atoms with van der Waals surface area (Å²) >= 11 is 0. The molecule has 1 aliphatic rings. The lowest BCUT2D eigenvalue weighted by molar-refractivity contribution is -0.164. The second-order valence-corrected chi connectivity index (χ2v) is 2.89.